The third-order valence-corrected chi connectivity index (χ3v) is 7.08. The van der Waals surface area contributed by atoms with Crippen molar-refractivity contribution in [3.8, 4) is 0 Å². The van der Waals surface area contributed by atoms with Gasteiger partial charge in [0.25, 0.3) is 5.56 Å². The zero-order valence-corrected chi connectivity index (χ0v) is 17.9. The van der Waals surface area contributed by atoms with Gasteiger partial charge in [0, 0.05) is 13.1 Å². The van der Waals surface area contributed by atoms with Gasteiger partial charge in [0.05, 0.1) is 16.2 Å². The van der Waals surface area contributed by atoms with Gasteiger partial charge in [-0.2, -0.15) is 0 Å². The Morgan fingerprint density at radius 2 is 1.79 bits per heavy atom. The Kier molecular flexibility index (Phi) is 7.16. The maximum absolute atomic E-state index is 13.1. The molecule has 1 fully saturated rings. The molecule has 1 atom stereocenters. The average Bonchev–Trinajstić information content (AvgIpc) is 2.65. The van der Waals surface area contributed by atoms with Crippen molar-refractivity contribution in [1.82, 2.24) is 14.9 Å². The molecule has 152 valence electrons. The number of fused-ring (bicyclic) bond motifs is 1. The van der Waals surface area contributed by atoms with Gasteiger partial charge in [-0.15, -0.1) is 0 Å². The van der Waals surface area contributed by atoms with Crippen LogP contribution in [0.15, 0.2) is 34.2 Å². The summed E-state index contributed by atoms with van der Waals surface area (Å²) in [7, 11) is 1.73. The van der Waals surface area contributed by atoms with Gasteiger partial charge in [0.1, 0.15) is 0 Å². The third kappa shape index (κ3) is 4.96. The van der Waals surface area contributed by atoms with Crippen LogP contribution in [-0.2, 0) is 11.8 Å². The van der Waals surface area contributed by atoms with Crippen molar-refractivity contribution < 1.29 is 4.79 Å². The van der Waals surface area contributed by atoms with Gasteiger partial charge in [-0.3, -0.25) is 14.2 Å². The van der Waals surface area contributed by atoms with E-state index in [1.807, 2.05) is 18.2 Å². The molecule has 1 aliphatic rings. The van der Waals surface area contributed by atoms with E-state index in [4.69, 9.17) is 0 Å². The summed E-state index contributed by atoms with van der Waals surface area (Å²) in [4.78, 5) is 30.4. The Morgan fingerprint density at radius 3 is 2.46 bits per heavy atom. The number of hydrogen-bond acceptors (Lipinski definition) is 4. The Morgan fingerprint density at radius 1 is 1.14 bits per heavy atom. The van der Waals surface area contributed by atoms with Crippen LogP contribution in [0, 0.1) is 5.92 Å². The summed E-state index contributed by atoms with van der Waals surface area (Å²) in [5.41, 5.74) is 0.604. The van der Waals surface area contributed by atoms with Crippen LogP contribution < -0.4 is 10.9 Å². The largest absolute Gasteiger partial charge is 0.352 e. The summed E-state index contributed by atoms with van der Waals surface area (Å²) >= 11 is 1.40. The summed E-state index contributed by atoms with van der Waals surface area (Å²) in [6.07, 6.45) is 8.33. The molecule has 5 nitrogen and oxygen atoms in total. The molecule has 0 saturated heterocycles. The highest BCUT2D eigenvalue weighted by Gasteiger charge is 2.27. The van der Waals surface area contributed by atoms with E-state index in [2.05, 4.69) is 24.1 Å². The van der Waals surface area contributed by atoms with Crippen molar-refractivity contribution in [2.75, 3.05) is 0 Å². The molecule has 1 aromatic carbocycles. The minimum Gasteiger partial charge on any atom is -0.352 e. The molecular weight excluding hydrogens is 370 g/mol. The van der Waals surface area contributed by atoms with E-state index < -0.39 is 0 Å². The Bertz CT molecular complexity index is 870. The Balaban J connectivity index is 1.79. The van der Waals surface area contributed by atoms with E-state index in [1.165, 1.54) is 43.9 Å². The average molecular weight is 402 g/mol. The van der Waals surface area contributed by atoms with Gasteiger partial charge >= 0.3 is 0 Å². The molecule has 0 spiro atoms. The minimum absolute atomic E-state index is 0.0629. The predicted octanol–water partition coefficient (Wildman–Crippen LogP) is 4.28. The molecule has 0 aliphatic heterocycles. The SMILES string of the molecule is CC(C)[C@@H](Sc1nc2ccccc2c(=O)n1C)C(=O)NC1CCCCCCC1. The molecule has 1 amide bonds. The summed E-state index contributed by atoms with van der Waals surface area (Å²) in [5.74, 6) is 0.204. The van der Waals surface area contributed by atoms with Gasteiger partial charge in [0.15, 0.2) is 5.16 Å². The maximum atomic E-state index is 13.1. The lowest BCUT2D eigenvalue weighted by atomic mass is 9.96. The number of rotatable bonds is 5. The second-order valence-corrected chi connectivity index (χ2v) is 9.22. The number of carbonyl (C=O) groups is 1. The lowest BCUT2D eigenvalue weighted by Gasteiger charge is -2.26. The molecule has 0 bridgehead atoms. The normalized spacial score (nSPS) is 17.3. The monoisotopic (exact) mass is 401 g/mol. The third-order valence-electron chi connectivity index (χ3n) is 5.49. The first-order valence-corrected chi connectivity index (χ1v) is 11.3. The van der Waals surface area contributed by atoms with Crippen LogP contribution in [0.25, 0.3) is 10.9 Å². The number of nitrogens with zero attached hydrogens (tertiary/aromatic N) is 2. The minimum atomic E-state index is -0.273. The molecule has 2 aromatic rings. The van der Waals surface area contributed by atoms with Gasteiger partial charge in [-0.1, -0.05) is 69.8 Å². The summed E-state index contributed by atoms with van der Waals surface area (Å²) in [5, 5.41) is 4.21. The molecule has 1 N–H and O–H groups in total. The molecule has 1 aliphatic carbocycles. The number of para-hydroxylation sites is 1. The molecular formula is C22H31N3O2S. The van der Waals surface area contributed by atoms with Crippen LogP contribution in [0.5, 0.6) is 0 Å². The topological polar surface area (TPSA) is 64.0 Å². The molecule has 0 radical (unpaired) electrons. The molecule has 3 rings (SSSR count). The zero-order chi connectivity index (χ0) is 20.1. The fraction of sp³-hybridized carbons (Fsp3) is 0.591. The van der Waals surface area contributed by atoms with Crippen LogP contribution in [0.2, 0.25) is 0 Å². The lowest BCUT2D eigenvalue weighted by molar-refractivity contribution is -0.122. The summed E-state index contributed by atoms with van der Waals surface area (Å²) < 4.78 is 1.56. The zero-order valence-electron chi connectivity index (χ0n) is 17.1. The smallest absolute Gasteiger partial charge is 0.261 e. The number of benzene rings is 1. The number of nitrogens with one attached hydrogen (secondary N) is 1. The van der Waals surface area contributed by atoms with Crippen LogP contribution in [0.1, 0.15) is 58.8 Å². The second kappa shape index (κ2) is 9.59. The number of aromatic nitrogens is 2. The highest BCUT2D eigenvalue weighted by molar-refractivity contribution is 8.00. The van der Waals surface area contributed by atoms with Gasteiger partial charge < -0.3 is 5.32 Å². The molecule has 6 heteroatoms. The van der Waals surface area contributed by atoms with Crippen molar-refractivity contribution >= 4 is 28.6 Å². The summed E-state index contributed by atoms with van der Waals surface area (Å²) in [6, 6.07) is 7.63. The van der Waals surface area contributed by atoms with Crippen molar-refractivity contribution in [3.63, 3.8) is 0 Å². The van der Waals surface area contributed by atoms with Gasteiger partial charge in [-0.05, 0) is 30.9 Å². The number of carbonyl (C=O) groups excluding carboxylic acids is 1. The van der Waals surface area contributed by atoms with Crippen LogP contribution in [0.3, 0.4) is 0 Å². The van der Waals surface area contributed by atoms with Crippen LogP contribution >= 0.6 is 11.8 Å². The second-order valence-electron chi connectivity index (χ2n) is 8.11. The molecule has 1 heterocycles. The number of thioether (sulfide) groups is 1. The molecule has 1 saturated carbocycles. The number of hydrogen-bond donors (Lipinski definition) is 1. The standard InChI is InChI=1S/C22H31N3O2S/c1-15(2)19(20(26)23-16-11-7-5-4-6-8-12-16)28-22-24-18-14-10-9-13-17(18)21(27)25(22)3/h9-10,13-16,19H,4-8,11-12H2,1-3H3,(H,23,26)/t19-/m1/s1. The van der Waals surface area contributed by atoms with E-state index in [0.717, 1.165) is 12.8 Å². The van der Waals surface area contributed by atoms with E-state index in [0.29, 0.717) is 16.1 Å². The first-order valence-electron chi connectivity index (χ1n) is 10.4. The van der Waals surface area contributed by atoms with E-state index in [9.17, 15) is 9.59 Å². The fourth-order valence-corrected chi connectivity index (χ4v) is 4.86. The van der Waals surface area contributed by atoms with Gasteiger partial charge in [0.2, 0.25) is 5.91 Å². The quantitative estimate of drug-likeness (QED) is 0.600. The van der Waals surface area contributed by atoms with Crippen molar-refractivity contribution in [2.45, 2.75) is 75.2 Å². The van der Waals surface area contributed by atoms with E-state index in [-0.39, 0.29) is 28.7 Å². The predicted molar refractivity (Wildman–Crippen MR) is 116 cm³/mol. The van der Waals surface area contributed by atoms with Crippen LogP contribution in [0.4, 0.5) is 0 Å². The highest BCUT2D eigenvalue weighted by Crippen LogP contribution is 2.28. The van der Waals surface area contributed by atoms with E-state index in [1.54, 1.807) is 17.7 Å². The van der Waals surface area contributed by atoms with Crippen molar-refractivity contribution in [1.29, 1.82) is 0 Å². The van der Waals surface area contributed by atoms with Crippen molar-refractivity contribution in [3.05, 3.63) is 34.6 Å². The number of amides is 1. The first-order chi connectivity index (χ1) is 13.5. The lowest BCUT2D eigenvalue weighted by Crippen LogP contribution is -2.42. The van der Waals surface area contributed by atoms with Gasteiger partial charge in [-0.25, -0.2) is 4.98 Å². The van der Waals surface area contributed by atoms with E-state index >= 15 is 0 Å². The van der Waals surface area contributed by atoms with Crippen molar-refractivity contribution in [2.24, 2.45) is 13.0 Å². The van der Waals surface area contributed by atoms with Crippen LogP contribution in [-0.4, -0.2) is 26.8 Å². The Labute approximate surface area is 171 Å². The molecule has 1 aromatic heterocycles. The molecule has 28 heavy (non-hydrogen) atoms. The Hall–Kier alpha value is -1.82. The maximum Gasteiger partial charge on any atom is 0.261 e. The first kappa shape index (κ1) is 20.9. The fourth-order valence-electron chi connectivity index (χ4n) is 3.79. The highest BCUT2D eigenvalue weighted by atomic mass is 32.2. The summed E-state index contributed by atoms with van der Waals surface area (Å²) in [6.45, 7) is 4.10. The molecule has 0 unspecified atom stereocenters.